The highest BCUT2D eigenvalue weighted by Gasteiger charge is 2.17. The Morgan fingerprint density at radius 2 is 2.00 bits per heavy atom. The number of aromatic nitrogens is 2. The average Bonchev–Trinajstić information content (AvgIpc) is 2.87. The van der Waals surface area contributed by atoms with E-state index < -0.39 is 5.97 Å². The van der Waals surface area contributed by atoms with Crippen molar-refractivity contribution in [2.24, 2.45) is 10.2 Å². The number of aliphatic carboxylic acids is 1. The number of rotatable bonds is 4. The average molecular weight is 324 g/mol. The Labute approximate surface area is 137 Å². The third kappa shape index (κ3) is 2.83. The van der Waals surface area contributed by atoms with Gasteiger partial charge in [0.1, 0.15) is 0 Å². The van der Waals surface area contributed by atoms with E-state index in [1.54, 1.807) is 12.3 Å². The topological polar surface area (TPSA) is 99.5 Å². The van der Waals surface area contributed by atoms with Crippen LogP contribution in [-0.2, 0) is 11.2 Å². The molecule has 1 aromatic carbocycles. The van der Waals surface area contributed by atoms with Gasteiger partial charge in [0.2, 0.25) is 0 Å². The van der Waals surface area contributed by atoms with Crippen molar-refractivity contribution < 1.29 is 15.0 Å². The molecule has 0 atom stereocenters. The molecule has 3 rings (SSSR count). The summed E-state index contributed by atoms with van der Waals surface area (Å²) in [7, 11) is 0. The van der Waals surface area contributed by atoms with Crippen LogP contribution in [-0.4, -0.2) is 25.6 Å². The number of pyridine rings is 1. The van der Waals surface area contributed by atoms with Crippen LogP contribution in [0.4, 0.5) is 11.5 Å². The van der Waals surface area contributed by atoms with Gasteiger partial charge in [-0.25, -0.2) is 4.98 Å². The molecule has 0 saturated carbocycles. The number of imidazole rings is 1. The fourth-order valence-corrected chi connectivity index (χ4v) is 2.40. The number of aromatic hydroxyl groups is 1. The molecule has 0 unspecified atom stereocenters. The van der Waals surface area contributed by atoms with E-state index in [2.05, 4.69) is 15.2 Å². The zero-order chi connectivity index (χ0) is 17.3. The van der Waals surface area contributed by atoms with Crippen molar-refractivity contribution >= 4 is 23.1 Å². The first kappa shape index (κ1) is 15.7. The van der Waals surface area contributed by atoms with E-state index in [1.807, 2.05) is 32.0 Å². The Hall–Kier alpha value is -3.22. The first-order chi connectivity index (χ1) is 11.5. The van der Waals surface area contributed by atoms with E-state index in [0.29, 0.717) is 11.5 Å². The van der Waals surface area contributed by atoms with Crippen molar-refractivity contribution in [1.82, 2.24) is 9.38 Å². The van der Waals surface area contributed by atoms with Gasteiger partial charge in [-0.3, -0.25) is 9.20 Å². The van der Waals surface area contributed by atoms with Gasteiger partial charge in [-0.2, -0.15) is 0 Å². The van der Waals surface area contributed by atoms with Gasteiger partial charge in [0, 0.05) is 6.20 Å². The first-order valence-electron chi connectivity index (χ1n) is 7.36. The third-order valence-electron chi connectivity index (χ3n) is 3.82. The molecular formula is C17H16N4O3. The number of aryl methyl sites for hydroxylation is 1. The highest BCUT2D eigenvalue weighted by atomic mass is 16.4. The van der Waals surface area contributed by atoms with Crippen molar-refractivity contribution in [3.05, 3.63) is 53.3 Å². The predicted molar refractivity (Wildman–Crippen MR) is 88.3 cm³/mol. The molecule has 0 radical (unpaired) electrons. The third-order valence-corrected chi connectivity index (χ3v) is 3.82. The smallest absolute Gasteiger partial charge is 0.309 e. The molecule has 0 aliphatic heterocycles. The second-order valence-corrected chi connectivity index (χ2v) is 5.46. The number of hydrogen-bond donors (Lipinski definition) is 2. The highest BCUT2D eigenvalue weighted by molar-refractivity contribution is 5.73. The molecule has 3 aromatic rings. The van der Waals surface area contributed by atoms with Crippen LogP contribution in [0.5, 0.6) is 5.75 Å². The molecule has 2 heterocycles. The maximum Gasteiger partial charge on any atom is 0.309 e. The molecule has 0 bridgehead atoms. The summed E-state index contributed by atoms with van der Waals surface area (Å²) >= 11 is 0. The first-order valence-corrected chi connectivity index (χ1v) is 7.36. The Morgan fingerprint density at radius 1 is 1.21 bits per heavy atom. The fourth-order valence-electron chi connectivity index (χ4n) is 2.40. The molecule has 0 aliphatic rings. The van der Waals surface area contributed by atoms with Crippen molar-refractivity contribution in [3.63, 3.8) is 0 Å². The number of carboxylic acids is 1. The number of nitrogens with zero attached hydrogens (tertiary/aromatic N) is 4. The molecule has 7 heteroatoms. The lowest BCUT2D eigenvalue weighted by Gasteiger charge is -2.02. The second kappa shape index (κ2) is 6.11. The monoisotopic (exact) mass is 324 g/mol. The SMILES string of the molecule is Cc1cccc(N=Nc2c(CC(=O)O)nc3c(O)cccn23)c1C. The Balaban J connectivity index is 2.13. The molecular weight excluding hydrogens is 308 g/mol. The molecule has 2 aromatic heterocycles. The maximum absolute atomic E-state index is 11.1. The van der Waals surface area contributed by atoms with E-state index in [9.17, 15) is 9.90 Å². The summed E-state index contributed by atoms with van der Waals surface area (Å²) in [6, 6.07) is 8.82. The quantitative estimate of drug-likeness (QED) is 0.715. The summed E-state index contributed by atoms with van der Waals surface area (Å²) in [5.41, 5.74) is 3.29. The molecule has 0 saturated heterocycles. The number of carboxylic acid groups (broad SMARTS) is 1. The predicted octanol–water partition coefficient (Wildman–Crippen LogP) is 3.70. The zero-order valence-corrected chi connectivity index (χ0v) is 13.3. The molecule has 24 heavy (non-hydrogen) atoms. The van der Waals surface area contributed by atoms with Gasteiger partial charge >= 0.3 is 5.97 Å². The van der Waals surface area contributed by atoms with Crippen LogP contribution < -0.4 is 0 Å². The molecule has 0 spiro atoms. The van der Waals surface area contributed by atoms with Crippen molar-refractivity contribution in [2.75, 3.05) is 0 Å². The van der Waals surface area contributed by atoms with Gasteiger partial charge in [0.15, 0.2) is 17.2 Å². The number of fused-ring (bicyclic) bond motifs is 1. The van der Waals surface area contributed by atoms with Crippen molar-refractivity contribution in [2.45, 2.75) is 20.3 Å². The van der Waals surface area contributed by atoms with Gasteiger partial charge in [0.25, 0.3) is 0 Å². The molecule has 0 fully saturated rings. The van der Waals surface area contributed by atoms with Gasteiger partial charge in [-0.15, -0.1) is 10.2 Å². The number of benzene rings is 1. The lowest BCUT2D eigenvalue weighted by Crippen LogP contribution is -2.00. The summed E-state index contributed by atoms with van der Waals surface area (Å²) in [5.74, 6) is -0.775. The summed E-state index contributed by atoms with van der Waals surface area (Å²) in [5, 5.41) is 27.4. The maximum atomic E-state index is 11.1. The van der Waals surface area contributed by atoms with E-state index in [4.69, 9.17) is 5.11 Å². The van der Waals surface area contributed by atoms with Crippen molar-refractivity contribution in [3.8, 4) is 5.75 Å². The van der Waals surface area contributed by atoms with Crippen LogP contribution in [0.2, 0.25) is 0 Å². The lowest BCUT2D eigenvalue weighted by molar-refractivity contribution is -0.136. The Bertz CT molecular complexity index is 960. The molecule has 7 nitrogen and oxygen atoms in total. The van der Waals surface area contributed by atoms with Crippen molar-refractivity contribution in [1.29, 1.82) is 0 Å². The van der Waals surface area contributed by atoms with Crippen LogP contribution in [0.15, 0.2) is 46.8 Å². The van der Waals surface area contributed by atoms with E-state index in [0.717, 1.165) is 11.1 Å². The lowest BCUT2D eigenvalue weighted by atomic mass is 10.1. The molecule has 0 aliphatic carbocycles. The minimum Gasteiger partial charge on any atom is -0.504 e. The summed E-state index contributed by atoms with van der Waals surface area (Å²) in [6.45, 7) is 3.93. The highest BCUT2D eigenvalue weighted by Crippen LogP contribution is 2.29. The van der Waals surface area contributed by atoms with Crippen LogP contribution in [0.1, 0.15) is 16.8 Å². The van der Waals surface area contributed by atoms with Crippen LogP contribution in [0.25, 0.3) is 5.65 Å². The second-order valence-electron chi connectivity index (χ2n) is 5.46. The van der Waals surface area contributed by atoms with Crippen LogP contribution >= 0.6 is 0 Å². The standard InChI is InChI=1S/C17H16N4O3/c1-10-5-3-6-12(11(10)2)19-20-16-13(9-15(23)24)18-17-14(22)7-4-8-21(16)17/h3-8,22H,9H2,1-2H3,(H,23,24). The van der Waals surface area contributed by atoms with Gasteiger partial charge in [-0.1, -0.05) is 12.1 Å². The van der Waals surface area contributed by atoms with Gasteiger partial charge < -0.3 is 10.2 Å². The minimum atomic E-state index is -1.03. The summed E-state index contributed by atoms with van der Waals surface area (Å²) in [4.78, 5) is 15.3. The normalized spacial score (nSPS) is 11.4. The zero-order valence-electron chi connectivity index (χ0n) is 13.3. The fraction of sp³-hybridized carbons (Fsp3) is 0.176. The van der Waals surface area contributed by atoms with E-state index >= 15 is 0 Å². The Morgan fingerprint density at radius 3 is 2.75 bits per heavy atom. The number of azo groups is 1. The summed E-state index contributed by atoms with van der Waals surface area (Å²) in [6.07, 6.45) is 1.35. The number of carbonyl (C=O) groups is 1. The molecule has 2 N–H and O–H groups in total. The van der Waals surface area contributed by atoms with E-state index in [-0.39, 0.29) is 23.5 Å². The molecule has 0 amide bonds. The van der Waals surface area contributed by atoms with Crippen LogP contribution in [0.3, 0.4) is 0 Å². The Kier molecular flexibility index (Phi) is 3.99. The largest absolute Gasteiger partial charge is 0.504 e. The minimum absolute atomic E-state index is 0.0441. The summed E-state index contributed by atoms with van der Waals surface area (Å²) < 4.78 is 1.53. The number of hydrogen-bond acceptors (Lipinski definition) is 5. The van der Waals surface area contributed by atoms with Gasteiger partial charge in [-0.05, 0) is 43.2 Å². The molecule has 122 valence electrons. The van der Waals surface area contributed by atoms with Gasteiger partial charge in [0.05, 0.1) is 17.8 Å². The van der Waals surface area contributed by atoms with Crippen LogP contribution in [0, 0.1) is 13.8 Å². The van der Waals surface area contributed by atoms with E-state index in [1.165, 1.54) is 10.5 Å².